The maximum absolute atomic E-state index is 12.4. The van der Waals surface area contributed by atoms with E-state index in [-0.39, 0.29) is 11.3 Å². The minimum Gasteiger partial charge on any atom is -0.322 e. The summed E-state index contributed by atoms with van der Waals surface area (Å²) in [5.74, 6) is -0.484. The third kappa shape index (κ3) is 4.39. The van der Waals surface area contributed by atoms with E-state index in [0.717, 1.165) is 25.2 Å². The van der Waals surface area contributed by atoms with Crippen molar-refractivity contribution < 1.29 is 9.72 Å². The molecule has 0 saturated carbocycles. The monoisotopic (exact) mass is 327 g/mol. The Morgan fingerprint density at radius 1 is 1.12 bits per heavy atom. The number of nitro benzene ring substituents is 1. The quantitative estimate of drug-likeness (QED) is 0.621. The van der Waals surface area contributed by atoms with Gasteiger partial charge in [0.2, 0.25) is 0 Å². The molecule has 0 aliphatic carbocycles. The van der Waals surface area contributed by atoms with Crippen LogP contribution in [-0.2, 0) is 6.54 Å². The van der Waals surface area contributed by atoms with Crippen LogP contribution in [0.1, 0.15) is 29.8 Å². The Kier molecular flexibility index (Phi) is 6.03. The number of nitro groups is 1. The van der Waals surface area contributed by atoms with Crippen LogP contribution in [0.4, 0.5) is 11.4 Å². The van der Waals surface area contributed by atoms with Gasteiger partial charge >= 0.3 is 0 Å². The lowest BCUT2D eigenvalue weighted by atomic mass is 10.1. The van der Waals surface area contributed by atoms with Gasteiger partial charge in [-0.25, -0.2) is 0 Å². The van der Waals surface area contributed by atoms with Crippen LogP contribution in [0.15, 0.2) is 48.5 Å². The standard InChI is InChI=1S/C18H21N3O3/c1-3-20(4-2)13-14-8-7-9-15(12-14)19-18(22)16-10-5-6-11-17(16)21(23)24/h5-12H,3-4,13H2,1-2H3,(H,19,22). The molecular weight excluding hydrogens is 306 g/mol. The summed E-state index contributed by atoms with van der Waals surface area (Å²) in [4.78, 5) is 25.1. The van der Waals surface area contributed by atoms with Crippen molar-refractivity contribution in [3.8, 4) is 0 Å². The number of benzene rings is 2. The molecule has 0 fully saturated rings. The van der Waals surface area contributed by atoms with Crippen LogP contribution >= 0.6 is 0 Å². The summed E-state index contributed by atoms with van der Waals surface area (Å²) >= 11 is 0. The Bertz CT molecular complexity index is 727. The van der Waals surface area contributed by atoms with Crippen LogP contribution in [0.2, 0.25) is 0 Å². The van der Waals surface area contributed by atoms with Gasteiger partial charge in [-0.3, -0.25) is 19.8 Å². The van der Waals surface area contributed by atoms with Crippen LogP contribution in [0.25, 0.3) is 0 Å². The number of nitrogens with one attached hydrogen (secondary N) is 1. The van der Waals surface area contributed by atoms with E-state index in [0.29, 0.717) is 5.69 Å². The van der Waals surface area contributed by atoms with Gasteiger partial charge in [0.15, 0.2) is 0 Å². The number of nitrogens with zero attached hydrogens (tertiary/aromatic N) is 2. The van der Waals surface area contributed by atoms with Gasteiger partial charge in [0.1, 0.15) is 5.56 Å². The summed E-state index contributed by atoms with van der Waals surface area (Å²) in [5.41, 5.74) is 1.56. The van der Waals surface area contributed by atoms with Crippen LogP contribution in [-0.4, -0.2) is 28.8 Å². The molecule has 6 nitrogen and oxygen atoms in total. The van der Waals surface area contributed by atoms with E-state index in [9.17, 15) is 14.9 Å². The number of anilines is 1. The summed E-state index contributed by atoms with van der Waals surface area (Å²) in [5, 5.41) is 13.8. The molecule has 1 amide bonds. The highest BCUT2D eigenvalue weighted by Crippen LogP contribution is 2.20. The SMILES string of the molecule is CCN(CC)Cc1cccc(NC(=O)c2ccccc2[N+](=O)[O-])c1. The van der Waals surface area contributed by atoms with E-state index in [1.807, 2.05) is 18.2 Å². The number of hydrogen-bond donors (Lipinski definition) is 1. The second kappa shape index (κ2) is 8.21. The van der Waals surface area contributed by atoms with Gasteiger partial charge in [0, 0.05) is 18.3 Å². The first kappa shape index (κ1) is 17.6. The molecule has 24 heavy (non-hydrogen) atoms. The number of carbonyl (C=O) groups is 1. The van der Waals surface area contributed by atoms with Gasteiger partial charge in [-0.05, 0) is 36.9 Å². The molecule has 1 N–H and O–H groups in total. The van der Waals surface area contributed by atoms with Gasteiger partial charge in [-0.1, -0.05) is 38.1 Å². The second-order valence-electron chi connectivity index (χ2n) is 5.39. The highest BCUT2D eigenvalue weighted by atomic mass is 16.6. The lowest BCUT2D eigenvalue weighted by molar-refractivity contribution is -0.385. The Balaban J connectivity index is 2.17. The van der Waals surface area contributed by atoms with E-state index in [2.05, 4.69) is 24.1 Å². The maximum Gasteiger partial charge on any atom is 0.282 e. The van der Waals surface area contributed by atoms with Crippen LogP contribution in [0.3, 0.4) is 0 Å². The molecule has 0 aromatic heterocycles. The summed E-state index contributed by atoms with van der Waals surface area (Å²) in [6.07, 6.45) is 0. The zero-order chi connectivity index (χ0) is 17.5. The lowest BCUT2D eigenvalue weighted by Gasteiger charge is -2.18. The normalized spacial score (nSPS) is 10.6. The molecule has 0 atom stereocenters. The van der Waals surface area contributed by atoms with E-state index in [1.165, 1.54) is 12.1 Å². The molecule has 2 rings (SSSR count). The van der Waals surface area contributed by atoms with Crippen LogP contribution in [0, 0.1) is 10.1 Å². The fraction of sp³-hybridized carbons (Fsp3) is 0.278. The van der Waals surface area contributed by atoms with Crippen molar-refractivity contribution in [2.24, 2.45) is 0 Å². The Hall–Kier alpha value is -2.73. The summed E-state index contributed by atoms with van der Waals surface area (Å²) in [6, 6.07) is 13.5. The lowest BCUT2D eigenvalue weighted by Crippen LogP contribution is -2.22. The third-order valence-electron chi connectivity index (χ3n) is 3.83. The summed E-state index contributed by atoms with van der Waals surface area (Å²) in [7, 11) is 0. The molecule has 0 spiro atoms. The molecule has 0 heterocycles. The average molecular weight is 327 g/mol. The van der Waals surface area contributed by atoms with Crippen molar-refractivity contribution in [2.75, 3.05) is 18.4 Å². The minimum absolute atomic E-state index is 0.0524. The highest BCUT2D eigenvalue weighted by Gasteiger charge is 2.19. The van der Waals surface area contributed by atoms with Crippen LogP contribution in [0.5, 0.6) is 0 Å². The van der Waals surface area contributed by atoms with Gasteiger partial charge in [-0.15, -0.1) is 0 Å². The molecule has 126 valence electrons. The average Bonchev–Trinajstić information content (AvgIpc) is 2.60. The molecule has 0 unspecified atom stereocenters. The highest BCUT2D eigenvalue weighted by molar-refractivity contribution is 6.07. The second-order valence-corrected chi connectivity index (χ2v) is 5.39. The van der Waals surface area contributed by atoms with Gasteiger partial charge < -0.3 is 5.32 Å². The van der Waals surface area contributed by atoms with Crippen molar-refractivity contribution in [1.82, 2.24) is 4.90 Å². The molecule has 0 bridgehead atoms. The van der Waals surface area contributed by atoms with Gasteiger partial charge in [0.05, 0.1) is 4.92 Å². The molecule has 0 radical (unpaired) electrons. The molecule has 2 aromatic carbocycles. The molecule has 0 aliphatic heterocycles. The molecule has 0 aliphatic rings. The van der Waals surface area contributed by atoms with Crippen molar-refractivity contribution in [2.45, 2.75) is 20.4 Å². The first-order valence-electron chi connectivity index (χ1n) is 7.91. The van der Waals surface area contributed by atoms with Crippen molar-refractivity contribution in [3.05, 3.63) is 69.8 Å². The van der Waals surface area contributed by atoms with E-state index >= 15 is 0 Å². The fourth-order valence-corrected chi connectivity index (χ4v) is 2.48. The molecular formula is C18H21N3O3. The number of rotatable bonds is 7. The van der Waals surface area contributed by atoms with Crippen LogP contribution < -0.4 is 5.32 Å². The zero-order valence-electron chi connectivity index (χ0n) is 13.9. The number of para-hydroxylation sites is 1. The molecule has 0 saturated heterocycles. The minimum atomic E-state index is -0.550. The van der Waals surface area contributed by atoms with Crippen molar-refractivity contribution in [1.29, 1.82) is 0 Å². The Morgan fingerprint density at radius 2 is 1.83 bits per heavy atom. The first-order valence-corrected chi connectivity index (χ1v) is 7.91. The van der Waals surface area contributed by atoms with E-state index < -0.39 is 10.8 Å². The maximum atomic E-state index is 12.4. The number of carbonyl (C=O) groups excluding carboxylic acids is 1. The zero-order valence-corrected chi connectivity index (χ0v) is 13.9. The van der Waals surface area contributed by atoms with E-state index in [1.54, 1.807) is 18.2 Å². The first-order chi connectivity index (χ1) is 11.5. The predicted octanol–water partition coefficient (Wildman–Crippen LogP) is 3.69. The molecule has 2 aromatic rings. The fourth-order valence-electron chi connectivity index (χ4n) is 2.48. The molecule has 6 heteroatoms. The van der Waals surface area contributed by atoms with Crippen molar-refractivity contribution in [3.63, 3.8) is 0 Å². The van der Waals surface area contributed by atoms with Crippen molar-refractivity contribution >= 4 is 17.3 Å². The third-order valence-corrected chi connectivity index (χ3v) is 3.83. The summed E-state index contributed by atoms with van der Waals surface area (Å²) in [6.45, 7) is 6.89. The Morgan fingerprint density at radius 3 is 2.50 bits per heavy atom. The topological polar surface area (TPSA) is 75.5 Å². The number of amides is 1. The number of hydrogen-bond acceptors (Lipinski definition) is 4. The Labute approximate surface area is 141 Å². The largest absolute Gasteiger partial charge is 0.322 e. The smallest absolute Gasteiger partial charge is 0.282 e. The predicted molar refractivity (Wildman–Crippen MR) is 94.1 cm³/mol. The van der Waals surface area contributed by atoms with E-state index in [4.69, 9.17) is 0 Å². The summed E-state index contributed by atoms with van der Waals surface area (Å²) < 4.78 is 0. The van der Waals surface area contributed by atoms with Gasteiger partial charge in [0.25, 0.3) is 11.6 Å². The van der Waals surface area contributed by atoms with Gasteiger partial charge in [-0.2, -0.15) is 0 Å².